The summed E-state index contributed by atoms with van der Waals surface area (Å²) in [7, 11) is 0. The van der Waals surface area contributed by atoms with Crippen molar-refractivity contribution in [2.24, 2.45) is 0 Å². The number of carbonyl (C=O) groups excluding carboxylic acids is 1. The van der Waals surface area contributed by atoms with Gasteiger partial charge in [-0.2, -0.15) is 0 Å². The minimum absolute atomic E-state index is 0.0845. The van der Waals surface area contributed by atoms with Crippen molar-refractivity contribution in [3.63, 3.8) is 0 Å². The molecule has 9 heteroatoms. The Kier molecular flexibility index (Phi) is 5.59. The highest BCUT2D eigenvalue weighted by Crippen LogP contribution is 2.27. The average Bonchev–Trinajstić information content (AvgIpc) is 3.19. The molecule has 1 aliphatic heterocycles. The molecular formula is C19H18ClFN4O2S. The summed E-state index contributed by atoms with van der Waals surface area (Å²) in [6.07, 6.45) is 1.42. The van der Waals surface area contributed by atoms with E-state index in [1.54, 1.807) is 34.7 Å². The predicted octanol–water partition coefficient (Wildman–Crippen LogP) is 3.99. The van der Waals surface area contributed by atoms with Crippen LogP contribution in [0.15, 0.2) is 36.0 Å². The number of benzene rings is 1. The number of halogens is 2. The third-order valence-electron chi connectivity index (χ3n) is 4.72. The molecule has 0 atom stereocenters. The number of carbonyl (C=O) groups is 1. The van der Waals surface area contributed by atoms with Crippen molar-refractivity contribution in [3.8, 4) is 0 Å². The lowest BCUT2D eigenvalue weighted by atomic mass is 10.1. The Hall–Kier alpha value is -2.45. The number of hydrogen-bond acceptors (Lipinski definition) is 6. The zero-order valence-electron chi connectivity index (χ0n) is 15.0. The first kappa shape index (κ1) is 18.9. The minimum atomic E-state index is -0.393. The molecule has 1 aliphatic rings. The van der Waals surface area contributed by atoms with E-state index in [0.717, 1.165) is 16.0 Å². The summed E-state index contributed by atoms with van der Waals surface area (Å²) in [5, 5.41) is 3.37. The molecule has 6 nitrogen and oxygen atoms in total. The number of hydrogen-bond donors (Lipinski definition) is 0. The highest BCUT2D eigenvalue weighted by molar-refractivity contribution is 7.16. The monoisotopic (exact) mass is 420 g/mol. The van der Waals surface area contributed by atoms with Gasteiger partial charge in [0, 0.05) is 43.2 Å². The number of piperazine rings is 1. The molecule has 0 saturated carbocycles. The van der Waals surface area contributed by atoms with Crippen LogP contribution in [0.4, 0.5) is 15.0 Å². The van der Waals surface area contributed by atoms with Crippen LogP contribution in [0.1, 0.15) is 5.56 Å². The van der Waals surface area contributed by atoms with E-state index in [2.05, 4.69) is 14.9 Å². The fraction of sp³-hybridized carbons (Fsp3) is 0.316. The largest absolute Gasteiger partial charge is 0.449 e. The zero-order valence-corrected chi connectivity index (χ0v) is 16.5. The molecule has 4 rings (SSSR count). The lowest BCUT2D eigenvalue weighted by Crippen LogP contribution is -2.49. The molecule has 146 valence electrons. The van der Waals surface area contributed by atoms with Crippen LogP contribution in [0.3, 0.4) is 0 Å². The molecule has 3 heterocycles. The van der Waals surface area contributed by atoms with Crippen LogP contribution < -0.4 is 4.90 Å². The van der Waals surface area contributed by atoms with Gasteiger partial charge in [0.15, 0.2) is 0 Å². The number of ether oxygens (including phenoxy) is 1. The van der Waals surface area contributed by atoms with Crippen molar-refractivity contribution >= 4 is 45.1 Å². The number of thiophene rings is 1. The Balaban J connectivity index is 1.30. The Morgan fingerprint density at radius 1 is 1.21 bits per heavy atom. The Bertz CT molecular complexity index is 971. The van der Waals surface area contributed by atoms with Gasteiger partial charge in [-0.3, -0.25) is 0 Å². The topological polar surface area (TPSA) is 58.6 Å². The average molecular weight is 421 g/mol. The number of rotatable bonds is 4. The summed E-state index contributed by atoms with van der Waals surface area (Å²) < 4.78 is 19.1. The van der Waals surface area contributed by atoms with Gasteiger partial charge in [0.25, 0.3) is 0 Å². The maximum atomic E-state index is 13.8. The maximum Gasteiger partial charge on any atom is 0.409 e. The summed E-state index contributed by atoms with van der Waals surface area (Å²) in [4.78, 5) is 25.8. The van der Waals surface area contributed by atoms with Crippen molar-refractivity contribution in [3.05, 3.63) is 52.4 Å². The molecule has 1 fully saturated rings. The van der Waals surface area contributed by atoms with Crippen LogP contribution in [0, 0.1) is 5.82 Å². The third kappa shape index (κ3) is 3.88. The van der Waals surface area contributed by atoms with Crippen molar-refractivity contribution in [2.75, 3.05) is 37.7 Å². The SMILES string of the molecule is O=C(OCCc1c(F)cccc1Cl)N1CCN(c2ncnc3sccc23)CC1. The second-order valence-electron chi connectivity index (χ2n) is 6.38. The molecule has 1 amide bonds. The Labute approximate surface area is 170 Å². The van der Waals surface area contributed by atoms with Gasteiger partial charge in [-0.25, -0.2) is 19.2 Å². The van der Waals surface area contributed by atoms with E-state index in [1.165, 1.54) is 6.07 Å². The van der Waals surface area contributed by atoms with Gasteiger partial charge >= 0.3 is 6.09 Å². The van der Waals surface area contributed by atoms with Crippen LogP contribution in [0.25, 0.3) is 10.2 Å². The van der Waals surface area contributed by atoms with Crippen LogP contribution in [-0.2, 0) is 11.2 Å². The van der Waals surface area contributed by atoms with Crippen molar-refractivity contribution in [2.45, 2.75) is 6.42 Å². The maximum absolute atomic E-state index is 13.8. The van der Waals surface area contributed by atoms with Gasteiger partial charge in [-0.05, 0) is 23.6 Å². The first-order chi connectivity index (χ1) is 13.6. The molecule has 28 heavy (non-hydrogen) atoms. The number of amides is 1. The molecule has 1 saturated heterocycles. The summed E-state index contributed by atoms with van der Waals surface area (Å²) >= 11 is 7.58. The first-order valence-corrected chi connectivity index (χ1v) is 10.2. The van der Waals surface area contributed by atoms with Crippen molar-refractivity contribution in [1.82, 2.24) is 14.9 Å². The van der Waals surface area contributed by atoms with E-state index in [-0.39, 0.29) is 18.8 Å². The number of fused-ring (bicyclic) bond motifs is 1. The molecule has 0 unspecified atom stereocenters. The fourth-order valence-corrected chi connectivity index (χ4v) is 4.22. The summed E-state index contributed by atoms with van der Waals surface area (Å²) in [5.74, 6) is 0.509. The quantitative estimate of drug-likeness (QED) is 0.638. The molecule has 0 aliphatic carbocycles. The molecule has 0 radical (unpaired) electrons. The lowest BCUT2D eigenvalue weighted by Gasteiger charge is -2.34. The minimum Gasteiger partial charge on any atom is -0.449 e. The van der Waals surface area contributed by atoms with Gasteiger partial charge in [0.1, 0.15) is 22.8 Å². The van der Waals surface area contributed by atoms with Crippen molar-refractivity contribution < 1.29 is 13.9 Å². The van der Waals surface area contributed by atoms with Gasteiger partial charge in [-0.1, -0.05) is 17.7 Å². The number of anilines is 1. The summed E-state index contributed by atoms with van der Waals surface area (Å²) in [6.45, 7) is 2.48. The molecule has 1 aromatic carbocycles. The summed E-state index contributed by atoms with van der Waals surface area (Å²) in [5.41, 5.74) is 0.366. The second-order valence-corrected chi connectivity index (χ2v) is 7.68. The van der Waals surface area contributed by atoms with Crippen LogP contribution in [0.5, 0.6) is 0 Å². The summed E-state index contributed by atoms with van der Waals surface area (Å²) in [6, 6.07) is 6.54. The van der Waals surface area contributed by atoms with E-state index in [9.17, 15) is 9.18 Å². The Morgan fingerprint density at radius 2 is 2.04 bits per heavy atom. The van der Waals surface area contributed by atoms with Gasteiger partial charge in [0.05, 0.1) is 12.0 Å². The third-order valence-corrected chi connectivity index (χ3v) is 5.89. The smallest absolute Gasteiger partial charge is 0.409 e. The molecular weight excluding hydrogens is 403 g/mol. The van der Waals surface area contributed by atoms with Crippen molar-refractivity contribution in [1.29, 1.82) is 0 Å². The Morgan fingerprint density at radius 3 is 2.82 bits per heavy atom. The predicted molar refractivity (Wildman–Crippen MR) is 108 cm³/mol. The molecule has 0 bridgehead atoms. The highest BCUT2D eigenvalue weighted by atomic mass is 35.5. The number of nitrogens with zero attached hydrogens (tertiary/aromatic N) is 4. The van der Waals surface area contributed by atoms with E-state index in [4.69, 9.17) is 16.3 Å². The van der Waals surface area contributed by atoms with E-state index in [1.807, 2.05) is 11.4 Å². The van der Waals surface area contributed by atoms with Gasteiger partial charge < -0.3 is 14.5 Å². The van der Waals surface area contributed by atoms with Crippen LogP contribution >= 0.6 is 22.9 Å². The fourth-order valence-electron chi connectivity index (χ4n) is 3.23. The molecule has 2 aromatic heterocycles. The normalized spacial score (nSPS) is 14.5. The molecule has 0 spiro atoms. The first-order valence-electron chi connectivity index (χ1n) is 8.91. The van der Waals surface area contributed by atoms with Crippen LogP contribution in [0.2, 0.25) is 5.02 Å². The molecule has 3 aromatic rings. The number of aromatic nitrogens is 2. The van der Waals surface area contributed by atoms with E-state index in [0.29, 0.717) is 36.8 Å². The van der Waals surface area contributed by atoms with Crippen LogP contribution in [-0.4, -0.2) is 53.7 Å². The lowest BCUT2D eigenvalue weighted by molar-refractivity contribution is 0.101. The van der Waals surface area contributed by atoms with Gasteiger partial charge in [-0.15, -0.1) is 11.3 Å². The molecule has 0 N–H and O–H groups in total. The second kappa shape index (κ2) is 8.28. The zero-order chi connectivity index (χ0) is 19.5. The van der Waals surface area contributed by atoms with E-state index >= 15 is 0 Å². The van der Waals surface area contributed by atoms with Gasteiger partial charge in [0.2, 0.25) is 0 Å². The standard InChI is InChI=1S/C19H18ClFN4O2S/c20-15-2-1-3-16(21)13(15)4-10-27-19(26)25-8-6-24(7-9-25)17-14-5-11-28-18(14)23-12-22-17/h1-3,5,11-12H,4,6-10H2. The highest BCUT2D eigenvalue weighted by Gasteiger charge is 2.24. The van der Waals surface area contributed by atoms with E-state index < -0.39 is 6.09 Å².